The van der Waals surface area contributed by atoms with Gasteiger partial charge in [0.15, 0.2) is 0 Å². The molecule has 3 heteroatoms. The first-order chi connectivity index (χ1) is 7.59. The van der Waals surface area contributed by atoms with Crippen molar-refractivity contribution in [2.45, 2.75) is 59.0 Å². The lowest BCUT2D eigenvalue weighted by molar-refractivity contribution is 0.00472. The van der Waals surface area contributed by atoms with Crippen molar-refractivity contribution in [3.8, 4) is 0 Å². The van der Waals surface area contributed by atoms with Crippen LogP contribution in [0.15, 0.2) is 0 Å². The highest BCUT2D eigenvalue weighted by atomic mass is 16.7. The fourth-order valence-corrected chi connectivity index (χ4v) is 1.86. The first-order valence-electron chi connectivity index (χ1n) is 6.43. The van der Waals surface area contributed by atoms with Crippen molar-refractivity contribution in [2.24, 2.45) is 11.8 Å². The van der Waals surface area contributed by atoms with E-state index in [2.05, 4.69) is 0 Å². The highest BCUT2D eigenvalue weighted by molar-refractivity contribution is 5.60. The molecule has 94 valence electrons. The van der Waals surface area contributed by atoms with E-state index in [1.165, 1.54) is 32.1 Å². The SMILES string of the molecule is CC(C)C(C)OC(=O)OCC1CCCCC1. The first-order valence-corrected chi connectivity index (χ1v) is 6.43. The minimum absolute atomic E-state index is 0.0705. The van der Waals surface area contributed by atoms with Crippen LogP contribution in [0.4, 0.5) is 4.79 Å². The second-order valence-electron chi connectivity index (χ2n) is 5.13. The van der Waals surface area contributed by atoms with Gasteiger partial charge < -0.3 is 9.47 Å². The summed E-state index contributed by atoms with van der Waals surface area (Å²) in [7, 11) is 0. The molecule has 1 aliphatic rings. The number of rotatable bonds is 4. The molecule has 1 unspecified atom stereocenters. The molecule has 0 N–H and O–H groups in total. The second kappa shape index (κ2) is 6.77. The van der Waals surface area contributed by atoms with E-state index in [1.54, 1.807) is 0 Å². The van der Waals surface area contributed by atoms with Gasteiger partial charge in [-0.25, -0.2) is 4.79 Å². The van der Waals surface area contributed by atoms with E-state index in [0.717, 1.165) is 0 Å². The van der Waals surface area contributed by atoms with E-state index in [1.807, 2.05) is 20.8 Å². The molecule has 0 aromatic rings. The fourth-order valence-electron chi connectivity index (χ4n) is 1.86. The average Bonchev–Trinajstić information content (AvgIpc) is 2.27. The third-order valence-electron chi connectivity index (χ3n) is 3.38. The molecule has 1 aliphatic carbocycles. The molecule has 0 saturated heterocycles. The van der Waals surface area contributed by atoms with Crippen LogP contribution >= 0.6 is 0 Å². The van der Waals surface area contributed by atoms with Crippen molar-refractivity contribution in [3.05, 3.63) is 0 Å². The minimum Gasteiger partial charge on any atom is -0.434 e. The van der Waals surface area contributed by atoms with Gasteiger partial charge in [0.05, 0.1) is 6.61 Å². The number of carbonyl (C=O) groups is 1. The third kappa shape index (κ3) is 4.86. The molecule has 0 radical (unpaired) electrons. The van der Waals surface area contributed by atoms with Crippen LogP contribution in [0, 0.1) is 11.8 Å². The topological polar surface area (TPSA) is 35.5 Å². The predicted molar refractivity (Wildman–Crippen MR) is 63.3 cm³/mol. The van der Waals surface area contributed by atoms with Crippen molar-refractivity contribution >= 4 is 6.16 Å². The lowest BCUT2D eigenvalue weighted by Crippen LogP contribution is -2.23. The van der Waals surface area contributed by atoms with E-state index >= 15 is 0 Å². The highest BCUT2D eigenvalue weighted by Gasteiger charge is 2.18. The van der Waals surface area contributed by atoms with Gasteiger partial charge >= 0.3 is 6.16 Å². The molecule has 1 atom stereocenters. The van der Waals surface area contributed by atoms with Gasteiger partial charge in [-0.1, -0.05) is 33.1 Å². The normalized spacial score (nSPS) is 19.5. The quantitative estimate of drug-likeness (QED) is 0.687. The standard InChI is InChI=1S/C13H24O3/c1-10(2)11(3)16-13(14)15-9-12-7-5-4-6-8-12/h10-12H,4-9H2,1-3H3. The summed E-state index contributed by atoms with van der Waals surface area (Å²) in [6.45, 7) is 6.48. The summed E-state index contributed by atoms with van der Waals surface area (Å²) in [5, 5.41) is 0. The van der Waals surface area contributed by atoms with Crippen LogP contribution in [0.1, 0.15) is 52.9 Å². The molecule has 0 aromatic heterocycles. The monoisotopic (exact) mass is 228 g/mol. The zero-order valence-electron chi connectivity index (χ0n) is 10.7. The van der Waals surface area contributed by atoms with Gasteiger partial charge in [-0.15, -0.1) is 0 Å². The predicted octanol–water partition coefficient (Wildman–Crippen LogP) is 3.76. The van der Waals surface area contributed by atoms with Crippen LogP contribution in [-0.2, 0) is 9.47 Å². The van der Waals surface area contributed by atoms with Crippen molar-refractivity contribution < 1.29 is 14.3 Å². The van der Waals surface area contributed by atoms with Gasteiger partial charge in [-0.3, -0.25) is 0 Å². The Balaban J connectivity index is 2.14. The van der Waals surface area contributed by atoms with Crippen LogP contribution in [-0.4, -0.2) is 18.9 Å². The summed E-state index contributed by atoms with van der Waals surface area (Å²) in [5.41, 5.74) is 0. The molecule has 0 heterocycles. The smallest absolute Gasteiger partial charge is 0.434 e. The molecule has 16 heavy (non-hydrogen) atoms. The molecule has 1 saturated carbocycles. The summed E-state index contributed by atoms with van der Waals surface area (Å²) < 4.78 is 10.3. The Morgan fingerprint density at radius 3 is 2.38 bits per heavy atom. The maximum absolute atomic E-state index is 11.4. The van der Waals surface area contributed by atoms with Crippen LogP contribution < -0.4 is 0 Å². The third-order valence-corrected chi connectivity index (χ3v) is 3.38. The molecule has 0 bridgehead atoms. The van der Waals surface area contributed by atoms with Gasteiger partial charge in [0.25, 0.3) is 0 Å². The van der Waals surface area contributed by atoms with Gasteiger partial charge in [-0.05, 0) is 31.6 Å². The van der Waals surface area contributed by atoms with Crippen molar-refractivity contribution in [3.63, 3.8) is 0 Å². The van der Waals surface area contributed by atoms with Gasteiger partial charge in [0, 0.05) is 0 Å². The Morgan fingerprint density at radius 2 is 1.81 bits per heavy atom. The van der Waals surface area contributed by atoms with Crippen molar-refractivity contribution in [1.29, 1.82) is 0 Å². The maximum atomic E-state index is 11.4. The van der Waals surface area contributed by atoms with Gasteiger partial charge in [-0.2, -0.15) is 0 Å². The molecule has 1 rings (SSSR count). The molecule has 0 aliphatic heterocycles. The van der Waals surface area contributed by atoms with Crippen LogP contribution in [0.3, 0.4) is 0 Å². The van der Waals surface area contributed by atoms with E-state index in [9.17, 15) is 4.79 Å². The highest BCUT2D eigenvalue weighted by Crippen LogP contribution is 2.23. The zero-order valence-corrected chi connectivity index (χ0v) is 10.7. The summed E-state index contributed by atoms with van der Waals surface area (Å²) in [6.07, 6.45) is 5.66. The summed E-state index contributed by atoms with van der Waals surface area (Å²) >= 11 is 0. The van der Waals surface area contributed by atoms with Crippen LogP contribution in [0.5, 0.6) is 0 Å². The van der Waals surface area contributed by atoms with Crippen molar-refractivity contribution in [2.75, 3.05) is 6.61 Å². The van der Waals surface area contributed by atoms with Gasteiger partial charge in [0.2, 0.25) is 0 Å². The zero-order chi connectivity index (χ0) is 12.0. The number of ether oxygens (including phenoxy) is 2. The molecule has 0 aromatic carbocycles. The number of hydrogen-bond acceptors (Lipinski definition) is 3. The number of hydrogen-bond donors (Lipinski definition) is 0. The van der Waals surface area contributed by atoms with Crippen LogP contribution in [0.25, 0.3) is 0 Å². The Labute approximate surface area is 98.5 Å². The Hall–Kier alpha value is -0.730. The Bertz CT molecular complexity index is 207. The largest absolute Gasteiger partial charge is 0.508 e. The lowest BCUT2D eigenvalue weighted by atomic mass is 9.90. The van der Waals surface area contributed by atoms with E-state index in [4.69, 9.17) is 9.47 Å². The minimum atomic E-state index is -0.508. The molecule has 1 fully saturated rings. The van der Waals surface area contributed by atoms with E-state index in [0.29, 0.717) is 18.4 Å². The Kier molecular flexibility index (Phi) is 5.64. The molecule has 3 nitrogen and oxygen atoms in total. The van der Waals surface area contributed by atoms with E-state index < -0.39 is 6.16 Å². The Morgan fingerprint density at radius 1 is 1.19 bits per heavy atom. The number of carbonyl (C=O) groups excluding carboxylic acids is 1. The molecular weight excluding hydrogens is 204 g/mol. The fraction of sp³-hybridized carbons (Fsp3) is 0.923. The summed E-state index contributed by atoms with van der Waals surface area (Å²) in [5.74, 6) is 0.887. The molecule has 0 amide bonds. The average molecular weight is 228 g/mol. The second-order valence-corrected chi connectivity index (χ2v) is 5.13. The van der Waals surface area contributed by atoms with Crippen LogP contribution in [0.2, 0.25) is 0 Å². The van der Waals surface area contributed by atoms with Crippen molar-refractivity contribution in [1.82, 2.24) is 0 Å². The summed E-state index contributed by atoms with van der Waals surface area (Å²) in [6, 6.07) is 0. The first kappa shape index (κ1) is 13.3. The lowest BCUT2D eigenvalue weighted by Gasteiger charge is -2.22. The van der Waals surface area contributed by atoms with Gasteiger partial charge in [0.1, 0.15) is 6.10 Å². The molecular formula is C13H24O3. The maximum Gasteiger partial charge on any atom is 0.508 e. The summed E-state index contributed by atoms with van der Waals surface area (Å²) in [4.78, 5) is 11.4. The molecule has 0 spiro atoms. The van der Waals surface area contributed by atoms with E-state index in [-0.39, 0.29) is 6.10 Å².